The largest absolute Gasteiger partial charge is 0.481 e. The van der Waals surface area contributed by atoms with Crippen molar-refractivity contribution in [1.29, 1.82) is 0 Å². The Morgan fingerprint density at radius 1 is 1.17 bits per heavy atom. The summed E-state index contributed by atoms with van der Waals surface area (Å²) in [6, 6.07) is 12.4. The summed E-state index contributed by atoms with van der Waals surface area (Å²) in [5.41, 5.74) is 4.29. The van der Waals surface area contributed by atoms with Crippen molar-refractivity contribution in [2.24, 2.45) is 5.92 Å². The highest BCUT2D eigenvalue weighted by Gasteiger charge is 2.24. The zero-order valence-corrected chi connectivity index (χ0v) is 17.6. The Kier molecular flexibility index (Phi) is 7.26. The number of likely N-dealkylation sites (tertiary alicyclic amines) is 1. The van der Waals surface area contributed by atoms with Crippen LogP contribution >= 0.6 is 0 Å². The molecule has 29 heavy (non-hydrogen) atoms. The Morgan fingerprint density at radius 2 is 1.93 bits per heavy atom. The minimum absolute atomic E-state index is 0.169. The average Bonchev–Trinajstić information content (AvgIpc) is 2.99. The topological polar surface area (TPSA) is 62.5 Å². The second kappa shape index (κ2) is 9.88. The van der Waals surface area contributed by atoms with Crippen molar-refractivity contribution >= 4 is 11.8 Å². The molecule has 1 N–H and O–H groups in total. The Morgan fingerprint density at radius 3 is 2.66 bits per heavy atom. The van der Waals surface area contributed by atoms with Crippen LogP contribution in [0.5, 0.6) is 0 Å². The van der Waals surface area contributed by atoms with Crippen LogP contribution < -0.4 is 0 Å². The van der Waals surface area contributed by atoms with E-state index < -0.39 is 5.97 Å². The molecule has 0 aliphatic carbocycles. The molecule has 156 valence electrons. The lowest BCUT2D eigenvalue weighted by molar-refractivity contribution is -0.137. The average molecular weight is 397 g/mol. The quantitative estimate of drug-likeness (QED) is 0.648. The lowest BCUT2D eigenvalue weighted by Crippen LogP contribution is -2.39. The molecule has 0 radical (unpaired) electrons. The highest BCUT2D eigenvalue weighted by atomic mass is 16.4. The van der Waals surface area contributed by atoms with E-state index in [1.807, 2.05) is 19.1 Å². The van der Waals surface area contributed by atoms with Crippen LogP contribution in [-0.2, 0) is 17.8 Å². The van der Waals surface area contributed by atoms with Gasteiger partial charge in [-0.15, -0.1) is 0 Å². The van der Waals surface area contributed by atoms with Crippen molar-refractivity contribution in [2.45, 2.75) is 52.5 Å². The number of hydrogen-bond acceptors (Lipinski definition) is 3. The monoisotopic (exact) mass is 396 g/mol. The summed E-state index contributed by atoms with van der Waals surface area (Å²) in [6.45, 7) is 7.14. The van der Waals surface area contributed by atoms with Gasteiger partial charge in [-0.05, 0) is 63.6 Å². The van der Waals surface area contributed by atoms with Crippen LogP contribution in [0.4, 0.5) is 0 Å². The number of piperidine rings is 1. The van der Waals surface area contributed by atoms with Gasteiger partial charge in [0, 0.05) is 36.5 Å². The fourth-order valence-corrected chi connectivity index (χ4v) is 4.46. The number of nitrogens with zero attached hydrogens (tertiary/aromatic N) is 2. The molecule has 5 nitrogen and oxygen atoms in total. The first-order valence-corrected chi connectivity index (χ1v) is 10.6. The molecule has 0 bridgehead atoms. The predicted octanol–water partition coefficient (Wildman–Crippen LogP) is 4.11. The molecule has 2 aromatic rings. The maximum atomic E-state index is 13.0. The highest BCUT2D eigenvalue weighted by Crippen LogP contribution is 2.22. The predicted molar refractivity (Wildman–Crippen MR) is 114 cm³/mol. The van der Waals surface area contributed by atoms with E-state index in [0.29, 0.717) is 18.9 Å². The Balaban J connectivity index is 1.60. The van der Waals surface area contributed by atoms with Gasteiger partial charge >= 0.3 is 5.97 Å². The van der Waals surface area contributed by atoms with E-state index in [4.69, 9.17) is 5.11 Å². The molecule has 1 unspecified atom stereocenters. The second-order valence-corrected chi connectivity index (χ2v) is 8.27. The number of benzene rings is 1. The molecule has 0 spiro atoms. The van der Waals surface area contributed by atoms with Crippen LogP contribution in [0.25, 0.3) is 0 Å². The Labute approximate surface area is 173 Å². The number of hydrogen-bond donors (Lipinski definition) is 1. The smallest absolute Gasteiger partial charge is 0.303 e. The number of carboxylic acid groups (broad SMARTS) is 1. The number of ketones is 1. The maximum Gasteiger partial charge on any atom is 0.303 e. The first-order valence-electron chi connectivity index (χ1n) is 10.6. The van der Waals surface area contributed by atoms with Crippen LogP contribution in [0, 0.1) is 19.8 Å². The number of carbonyl (C=O) groups excluding carboxylic acids is 1. The van der Waals surface area contributed by atoms with E-state index in [2.05, 4.69) is 40.7 Å². The highest BCUT2D eigenvalue weighted by molar-refractivity contribution is 5.99. The first kappa shape index (κ1) is 21.3. The molecule has 0 amide bonds. The molecule has 0 saturated carbocycles. The van der Waals surface area contributed by atoms with Crippen LogP contribution in [0.1, 0.15) is 53.0 Å². The van der Waals surface area contributed by atoms with Crippen LogP contribution in [0.2, 0.25) is 0 Å². The van der Waals surface area contributed by atoms with E-state index in [1.54, 1.807) is 0 Å². The van der Waals surface area contributed by atoms with Crippen molar-refractivity contribution in [2.75, 3.05) is 19.6 Å². The van der Waals surface area contributed by atoms with Gasteiger partial charge in [-0.3, -0.25) is 14.5 Å². The van der Waals surface area contributed by atoms with Crippen molar-refractivity contribution in [3.63, 3.8) is 0 Å². The second-order valence-electron chi connectivity index (χ2n) is 8.27. The van der Waals surface area contributed by atoms with Crippen LogP contribution in [0.15, 0.2) is 36.4 Å². The fraction of sp³-hybridized carbons (Fsp3) is 0.500. The molecule has 1 aromatic carbocycles. The molecule has 5 heteroatoms. The number of carbonyl (C=O) groups is 2. The minimum atomic E-state index is -0.735. The molecule has 1 aliphatic rings. The van der Waals surface area contributed by atoms with Crippen molar-refractivity contribution in [3.8, 4) is 0 Å². The maximum absolute atomic E-state index is 13.0. The van der Waals surface area contributed by atoms with Gasteiger partial charge in [0.2, 0.25) is 0 Å². The van der Waals surface area contributed by atoms with E-state index in [1.165, 1.54) is 5.56 Å². The lowest BCUT2D eigenvalue weighted by atomic mass is 9.93. The van der Waals surface area contributed by atoms with Crippen molar-refractivity contribution in [3.05, 3.63) is 58.9 Å². The summed E-state index contributed by atoms with van der Waals surface area (Å²) in [4.78, 5) is 26.0. The Hall–Kier alpha value is -2.40. The molecule has 3 rings (SSSR count). The van der Waals surface area contributed by atoms with Gasteiger partial charge in [-0.1, -0.05) is 30.3 Å². The zero-order valence-electron chi connectivity index (χ0n) is 17.6. The van der Waals surface area contributed by atoms with E-state index in [-0.39, 0.29) is 12.2 Å². The summed E-state index contributed by atoms with van der Waals surface area (Å²) in [7, 11) is 0. The molecule has 1 aliphatic heterocycles. The van der Waals surface area contributed by atoms with Gasteiger partial charge in [0.05, 0.1) is 6.54 Å². The van der Waals surface area contributed by atoms with Crippen molar-refractivity contribution in [1.82, 2.24) is 9.47 Å². The third-order valence-electron chi connectivity index (χ3n) is 6.08. The molecule has 1 fully saturated rings. The van der Waals surface area contributed by atoms with E-state index >= 15 is 0 Å². The molecule has 2 heterocycles. The SMILES string of the molecule is Cc1cc(C(=O)CN2CCCC(CCC(=O)O)C2)c(C)n1CCc1ccccc1. The summed E-state index contributed by atoms with van der Waals surface area (Å²) < 4.78 is 2.24. The molecular formula is C24H32N2O3. The third kappa shape index (κ3) is 5.80. The van der Waals surface area contributed by atoms with E-state index in [0.717, 1.165) is 55.8 Å². The number of Topliss-reactive ketones (excluding diaryl/α,β-unsaturated/α-hetero) is 1. The van der Waals surface area contributed by atoms with Gasteiger partial charge < -0.3 is 9.67 Å². The number of rotatable bonds is 9. The molecule has 1 atom stereocenters. The zero-order chi connectivity index (χ0) is 20.8. The van der Waals surface area contributed by atoms with Gasteiger partial charge in [-0.2, -0.15) is 0 Å². The minimum Gasteiger partial charge on any atom is -0.481 e. The summed E-state index contributed by atoms with van der Waals surface area (Å²) in [5, 5.41) is 8.91. The van der Waals surface area contributed by atoms with Gasteiger partial charge in [0.15, 0.2) is 5.78 Å². The summed E-state index contributed by atoms with van der Waals surface area (Å²) >= 11 is 0. The standard InChI is InChI=1S/C24H32N2O3/c1-18-15-22(19(2)26(18)14-12-20-7-4-3-5-8-20)23(27)17-25-13-6-9-21(16-25)10-11-24(28)29/h3-5,7-8,15,21H,6,9-14,16-17H2,1-2H3,(H,28,29). The third-order valence-corrected chi connectivity index (χ3v) is 6.08. The number of aryl methyl sites for hydroxylation is 2. The normalized spacial score (nSPS) is 17.4. The summed E-state index contributed by atoms with van der Waals surface area (Å²) in [6.07, 6.45) is 3.96. The molecule has 1 aromatic heterocycles. The number of aliphatic carboxylic acids is 1. The number of aromatic nitrogens is 1. The van der Waals surface area contributed by atoms with Gasteiger partial charge in [-0.25, -0.2) is 0 Å². The van der Waals surface area contributed by atoms with Gasteiger partial charge in [0.25, 0.3) is 0 Å². The fourth-order valence-electron chi connectivity index (χ4n) is 4.46. The van der Waals surface area contributed by atoms with Crippen molar-refractivity contribution < 1.29 is 14.7 Å². The molecular weight excluding hydrogens is 364 g/mol. The van der Waals surface area contributed by atoms with Gasteiger partial charge in [0.1, 0.15) is 0 Å². The lowest BCUT2D eigenvalue weighted by Gasteiger charge is -2.32. The first-order chi connectivity index (χ1) is 13.9. The number of carboxylic acids is 1. The summed E-state index contributed by atoms with van der Waals surface area (Å²) in [5.74, 6) is -0.185. The van der Waals surface area contributed by atoms with Crippen LogP contribution in [-0.4, -0.2) is 46.0 Å². The van der Waals surface area contributed by atoms with E-state index in [9.17, 15) is 9.59 Å². The molecule has 1 saturated heterocycles. The Bertz CT molecular complexity index is 841. The van der Waals surface area contributed by atoms with Crippen LogP contribution in [0.3, 0.4) is 0 Å².